The van der Waals surface area contributed by atoms with Crippen LogP contribution in [0.4, 0.5) is 0 Å². The second kappa shape index (κ2) is 14.2. The van der Waals surface area contributed by atoms with Gasteiger partial charge in [0.15, 0.2) is 0 Å². The highest BCUT2D eigenvalue weighted by Crippen LogP contribution is 2.08. The number of H-pyrrole nitrogens is 1. The fraction of sp³-hybridized carbons (Fsp3) is 0.600. The molecule has 3 amide bonds. The van der Waals surface area contributed by atoms with Crippen LogP contribution < -0.4 is 21.7 Å². The lowest BCUT2D eigenvalue weighted by Crippen LogP contribution is -2.57. The minimum atomic E-state index is -1.34. The van der Waals surface area contributed by atoms with Crippen LogP contribution in [0.2, 0.25) is 0 Å². The van der Waals surface area contributed by atoms with Crippen LogP contribution in [0.1, 0.15) is 38.8 Å². The van der Waals surface area contributed by atoms with Crippen molar-refractivity contribution in [3.63, 3.8) is 0 Å². The molecule has 190 valence electrons. The van der Waals surface area contributed by atoms with E-state index in [0.717, 1.165) is 0 Å². The lowest BCUT2D eigenvalue weighted by atomic mass is 10.0. The molecule has 0 aromatic carbocycles. The summed E-state index contributed by atoms with van der Waals surface area (Å²) in [5, 5.41) is 25.3. The third kappa shape index (κ3) is 10.2. The average molecular weight is 501 g/mol. The van der Waals surface area contributed by atoms with E-state index in [4.69, 9.17) is 15.9 Å². The fourth-order valence-corrected chi connectivity index (χ4v) is 3.22. The molecule has 13 nitrogen and oxygen atoms in total. The summed E-state index contributed by atoms with van der Waals surface area (Å²) >= 11 is 3.87. The number of aromatic amines is 1. The van der Waals surface area contributed by atoms with E-state index in [1.807, 2.05) is 13.8 Å². The van der Waals surface area contributed by atoms with Gasteiger partial charge in [0.2, 0.25) is 17.7 Å². The number of hydrogen-bond donors (Lipinski definition) is 8. The van der Waals surface area contributed by atoms with Crippen molar-refractivity contribution in [2.45, 2.75) is 63.7 Å². The van der Waals surface area contributed by atoms with Crippen LogP contribution in [0, 0.1) is 5.92 Å². The highest BCUT2D eigenvalue weighted by Gasteiger charge is 2.30. The van der Waals surface area contributed by atoms with Gasteiger partial charge in [-0.25, -0.2) is 9.78 Å². The van der Waals surface area contributed by atoms with Crippen LogP contribution in [-0.4, -0.2) is 79.8 Å². The van der Waals surface area contributed by atoms with Crippen LogP contribution in [0.3, 0.4) is 0 Å². The van der Waals surface area contributed by atoms with Gasteiger partial charge in [-0.05, 0) is 18.8 Å². The minimum Gasteiger partial charge on any atom is -0.481 e. The highest BCUT2D eigenvalue weighted by molar-refractivity contribution is 7.80. The van der Waals surface area contributed by atoms with E-state index in [2.05, 4.69) is 38.5 Å². The Morgan fingerprint density at radius 1 is 1.03 bits per heavy atom. The van der Waals surface area contributed by atoms with Crippen LogP contribution in [-0.2, 0) is 30.4 Å². The number of aliphatic carboxylic acids is 2. The number of nitrogens with zero attached hydrogens (tertiary/aromatic N) is 1. The number of hydrogen-bond acceptors (Lipinski definition) is 8. The van der Waals surface area contributed by atoms with Gasteiger partial charge in [0, 0.05) is 30.5 Å². The number of carbonyl (C=O) groups excluding carboxylic acids is 3. The number of carbonyl (C=O) groups is 5. The molecule has 0 bridgehead atoms. The van der Waals surface area contributed by atoms with Crippen molar-refractivity contribution in [2.75, 3.05) is 5.75 Å². The number of aromatic nitrogens is 2. The number of carboxylic acids is 2. The molecule has 0 aliphatic rings. The molecule has 8 N–H and O–H groups in total. The molecule has 0 saturated heterocycles. The van der Waals surface area contributed by atoms with Gasteiger partial charge in [-0.15, -0.1) is 0 Å². The van der Waals surface area contributed by atoms with Gasteiger partial charge in [-0.3, -0.25) is 19.2 Å². The Morgan fingerprint density at radius 2 is 1.62 bits per heavy atom. The van der Waals surface area contributed by atoms with Gasteiger partial charge in [0.05, 0.1) is 12.4 Å². The van der Waals surface area contributed by atoms with E-state index in [1.54, 1.807) is 0 Å². The molecule has 0 aliphatic carbocycles. The van der Waals surface area contributed by atoms with Gasteiger partial charge >= 0.3 is 11.9 Å². The topological polar surface area (TPSA) is 217 Å². The number of imidazole rings is 1. The van der Waals surface area contributed by atoms with Crippen molar-refractivity contribution < 1.29 is 34.2 Å². The van der Waals surface area contributed by atoms with Crippen LogP contribution >= 0.6 is 12.6 Å². The largest absolute Gasteiger partial charge is 0.481 e. The Labute approximate surface area is 202 Å². The zero-order valence-electron chi connectivity index (χ0n) is 19.0. The molecule has 1 heterocycles. The maximum atomic E-state index is 13.0. The first-order valence-corrected chi connectivity index (χ1v) is 11.3. The lowest BCUT2D eigenvalue weighted by Gasteiger charge is -2.25. The Hall–Kier alpha value is -3.13. The molecule has 1 aromatic heterocycles. The maximum Gasteiger partial charge on any atom is 0.327 e. The molecular formula is C20H32N6O7S. The first-order chi connectivity index (χ1) is 15.9. The van der Waals surface area contributed by atoms with E-state index < -0.39 is 60.2 Å². The normalized spacial score (nSPS) is 14.5. The summed E-state index contributed by atoms with van der Waals surface area (Å²) in [6.45, 7) is 3.66. The van der Waals surface area contributed by atoms with Gasteiger partial charge < -0.3 is 36.9 Å². The zero-order valence-corrected chi connectivity index (χ0v) is 19.9. The molecule has 0 radical (unpaired) electrons. The Morgan fingerprint density at radius 3 is 2.12 bits per heavy atom. The van der Waals surface area contributed by atoms with Gasteiger partial charge in [0.25, 0.3) is 0 Å². The molecule has 0 aliphatic heterocycles. The number of amides is 3. The van der Waals surface area contributed by atoms with Crippen molar-refractivity contribution >= 4 is 42.3 Å². The standard InChI is InChI=1S/C20H32N6O7S/c1-10(2)5-14(25-17(29)12(21)6-11-7-22-9-23-11)19(31)24-13(3-4-16(27)28)18(30)26-15(8-34)20(32)33/h7,9-10,12-15,34H,3-6,8,21H2,1-2H3,(H,22,23)(H,24,31)(H,25,29)(H,26,30)(H,27,28)(H,32,33). The van der Waals surface area contributed by atoms with E-state index in [-0.39, 0.29) is 30.9 Å². The third-order valence-electron chi connectivity index (χ3n) is 4.75. The summed E-state index contributed by atoms with van der Waals surface area (Å²) in [6.07, 6.45) is 2.61. The van der Waals surface area contributed by atoms with Crippen molar-refractivity contribution in [2.24, 2.45) is 11.7 Å². The van der Waals surface area contributed by atoms with E-state index in [9.17, 15) is 24.0 Å². The minimum absolute atomic E-state index is 0.0215. The SMILES string of the molecule is CC(C)CC(NC(=O)C(N)Cc1cnc[nH]1)C(=O)NC(CCC(=O)O)C(=O)NC(CS)C(=O)O. The smallest absolute Gasteiger partial charge is 0.327 e. The van der Waals surface area contributed by atoms with Crippen molar-refractivity contribution in [1.29, 1.82) is 0 Å². The molecule has 4 unspecified atom stereocenters. The van der Waals surface area contributed by atoms with E-state index >= 15 is 0 Å². The van der Waals surface area contributed by atoms with Crippen LogP contribution in [0.5, 0.6) is 0 Å². The predicted molar refractivity (Wildman–Crippen MR) is 124 cm³/mol. The van der Waals surface area contributed by atoms with Gasteiger partial charge in [-0.1, -0.05) is 13.8 Å². The summed E-state index contributed by atoms with van der Waals surface area (Å²) < 4.78 is 0. The highest BCUT2D eigenvalue weighted by atomic mass is 32.1. The summed E-state index contributed by atoms with van der Waals surface area (Å²) in [7, 11) is 0. The van der Waals surface area contributed by atoms with Crippen molar-refractivity contribution in [3.05, 3.63) is 18.2 Å². The van der Waals surface area contributed by atoms with Crippen molar-refractivity contribution in [3.8, 4) is 0 Å². The predicted octanol–water partition coefficient (Wildman–Crippen LogP) is -1.34. The van der Waals surface area contributed by atoms with E-state index in [0.29, 0.717) is 5.69 Å². The number of nitrogens with one attached hydrogen (secondary N) is 4. The molecule has 1 aromatic rings. The second-order valence-corrected chi connectivity index (χ2v) is 8.52. The molecule has 0 saturated carbocycles. The molecular weight excluding hydrogens is 468 g/mol. The third-order valence-corrected chi connectivity index (χ3v) is 5.11. The summed E-state index contributed by atoms with van der Waals surface area (Å²) in [4.78, 5) is 67.0. The number of rotatable bonds is 15. The monoisotopic (exact) mass is 500 g/mol. The first kappa shape index (κ1) is 28.9. The average Bonchev–Trinajstić information content (AvgIpc) is 3.26. The van der Waals surface area contributed by atoms with Crippen LogP contribution in [0.15, 0.2) is 12.5 Å². The van der Waals surface area contributed by atoms with Gasteiger partial charge in [0.1, 0.15) is 18.1 Å². The molecule has 34 heavy (non-hydrogen) atoms. The number of nitrogens with two attached hydrogens (primary N) is 1. The maximum absolute atomic E-state index is 13.0. The number of thiol groups is 1. The first-order valence-electron chi connectivity index (χ1n) is 10.6. The molecule has 0 fully saturated rings. The fourth-order valence-electron chi connectivity index (χ4n) is 2.97. The Bertz CT molecular complexity index is 848. The second-order valence-electron chi connectivity index (χ2n) is 8.15. The van der Waals surface area contributed by atoms with Crippen LogP contribution in [0.25, 0.3) is 0 Å². The quantitative estimate of drug-likeness (QED) is 0.133. The molecule has 14 heteroatoms. The van der Waals surface area contributed by atoms with Crippen molar-refractivity contribution in [1.82, 2.24) is 25.9 Å². The van der Waals surface area contributed by atoms with Gasteiger partial charge in [-0.2, -0.15) is 12.6 Å². The Kier molecular flexibility index (Phi) is 12.1. The molecule has 1 rings (SSSR count). The summed E-state index contributed by atoms with van der Waals surface area (Å²) in [5.41, 5.74) is 6.57. The summed E-state index contributed by atoms with van der Waals surface area (Å²) in [6, 6.07) is -4.69. The number of carboxylic acid groups (broad SMARTS) is 2. The summed E-state index contributed by atoms with van der Waals surface area (Å²) in [5.74, 6) is -4.95. The zero-order chi connectivity index (χ0) is 25.8. The molecule has 0 spiro atoms. The molecule has 4 atom stereocenters. The lowest BCUT2D eigenvalue weighted by molar-refractivity contribution is -0.142. The van der Waals surface area contributed by atoms with E-state index in [1.165, 1.54) is 12.5 Å². The Balaban J connectivity index is 2.93.